The number of rotatable bonds is 4. The van der Waals surface area contributed by atoms with Gasteiger partial charge in [0.05, 0.1) is 6.04 Å². The number of hydrogen-bond donors (Lipinski definition) is 0. The summed E-state index contributed by atoms with van der Waals surface area (Å²) in [6.45, 7) is 10.3. The van der Waals surface area contributed by atoms with E-state index in [1.54, 1.807) is 0 Å². The third-order valence-electron chi connectivity index (χ3n) is 6.70. The summed E-state index contributed by atoms with van der Waals surface area (Å²) < 4.78 is 0. The van der Waals surface area contributed by atoms with Gasteiger partial charge < -0.3 is 9.80 Å². The van der Waals surface area contributed by atoms with Crippen molar-refractivity contribution in [2.75, 3.05) is 32.7 Å². The van der Waals surface area contributed by atoms with Gasteiger partial charge in [-0.1, -0.05) is 26.7 Å². The van der Waals surface area contributed by atoms with Gasteiger partial charge >= 0.3 is 0 Å². The average molecular weight is 364 g/mol. The van der Waals surface area contributed by atoms with E-state index in [0.717, 1.165) is 45.6 Å². The van der Waals surface area contributed by atoms with Gasteiger partial charge in [-0.2, -0.15) is 0 Å². The van der Waals surface area contributed by atoms with Crippen LogP contribution in [0.15, 0.2) is 0 Å². The smallest absolute Gasteiger partial charge is 0.240 e. The summed E-state index contributed by atoms with van der Waals surface area (Å²) in [5.74, 6) is 1.18. The van der Waals surface area contributed by atoms with Gasteiger partial charge in [0, 0.05) is 44.7 Å². The number of piperidine rings is 1. The normalized spacial score (nSPS) is 27.2. The lowest BCUT2D eigenvalue weighted by atomic mass is 9.92. The molecule has 0 aromatic carbocycles. The first kappa shape index (κ1) is 19.7. The van der Waals surface area contributed by atoms with E-state index in [9.17, 15) is 9.59 Å². The van der Waals surface area contributed by atoms with Crippen LogP contribution in [0, 0.1) is 11.8 Å². The number of hydrogen-bond acceptors (Lipinski definition) is 3. The zero-order chi connectivity index (χ0) is 18.7. The van der Waals surface area contributed by atoms with Crippen LogP contribution in [-0.4, -0.2) is 71.3 Å². The molecule has 0 radical (unpaired) electrons. The molecule has 2 amide bonds. The van der Waals surface area contributed by atoms with Crippen LogP contribution < -0.4 is 0 Å². The molecule has 2 heterocycles. The second-order valence-corrected chi connectivity index (χ2v) is 8.88. The van der Waals surface area contributed by atoms with Crippen molar-refractivity contribution in [2.24, 2.45) is 11.8 Å². The van der Waals surface area contributed by atoms with Crippen molar-refractivity contribution in [3.63, 3.8) is 0 Å². The van der Waals surface area contributed by atoms with Crippen LogP contribution in [0.2, 0.25) is 0 Å². The molecule has 0 N–H and O–H groups in total. The standard InChI is InChI=1S/C21H37N3O2/c1-16(2)20(25)23-14-12-22(13-15-23)19(18-9-4-5-10-18)21(26)24-11-7-6-8-17(24)3/h16-19H,4-15H2,1-3H3. The highest BCUT2D eigenvalue weighted by atomic mass is 16.2. The second-order valence-electron chi connectivity index (χ2n) is 8.88. The predicted octanol–water partition coefficient (Wildman–Crippen LogP) is 2.75. The predicted molar refractivity (Wildman–Crippen MR) is 104 cm³/mol. The third-order valence-corrected chi connectivity index (χ3v) is 6.70. The minimum atomic E-state index is 0.0364. The molecule has 2 aliphatic heterocycles. The summed E-state index contributed by atoms with van der Waals surface area (Å²) in [7, 11) is 0. The van der Waals surface area contributed by atoms with Crippen molar-refractivity contribution in [3.8, 4) is 0 Å². The fourth-order valence-electron chi connectivity index (χ4n) is 5.11. The van der Waals surface area contributed by atoms with Crippen molar-refractivity contribution in [3.05, 3.63) is 0 Å². The Morgan fingerprint density at radius 2 is 1.42 bits per heavy atom. The van der Waals surface area contributed by atoms with Gasteiger partial charge in [-0.25, -0.2) is 0 Å². The van der Waals surface area contributed by atoms with Crippen molar-refractivity contribution in [2.45, 2.75) is 77.8 Å². The maximum Gasteiger partial charge on any atom is 0.240 e. The number of nitrogens with zero attached hydrogens (tertiary/aromatic N) is 3. The van der Waals surface area contributed by atoms with E-state index >= 15 is 0 Å². The molecule has 3 aliphatic rings. The van der Waals surface area contributed by atoms with Crippen LogP contribution in [0.3, 0.4) is 0 Å². The van der Waals surface area contributed by atoms with Gasteiger partial charge in [-0.15, -0.1) is 0 Å². The Balaban J connectivity index is 1.69. The molecular formula is C21H37N3O2. The van der Waals surface area contributed by atoms with Crippen LogP contribution in [0.1, 0.15) is 65.7 Å². The molecule has 0 aromatic heterocycles. The molecule has 2 unspecified atom stereocenters. The summed E-state index contributed by atoms with van der Waals surface area (Å²) >= 11 is 0. The van der Waals surface area contributed by atoms with Gasteiger partial charge in [0.15, 0.2) is 0 Å². The minimum Gasteiger partial charge on any atom is -0.340 e. The number of carbonyl (C=O) groups excluding carboxylic acids is 2. The summed E-state index contributed by atoms with van der Waals surface area (Å²) in [4.78, 5) is 32.4. The van der Waals surface area contributed by atoms with Gasteiger partial charge in [-0.3, -0.25) is 14.5 Å². The fraction of sp³-hybridized carbons (Fsp3) is 0.905. The van der Waals surface area contributed by atoms with Crippen molar-refractivity contribution < 1.29 is 9.59 Å². The molecule has 3 fully saturated rings. The first-order valence-corrected chi connectivity index (χ1v) is 10.8. The van der Waals surface area contributed by atoms with E-state index in [-0.39, 0.29) is 17.9 Å². The van der Waals surface area contributed by atoms with Gasteiger partial charge in [-0.05, 0) is 44.9 Å². The second kappa shape index (κ2) is 8.73. The first-order valence-electron chi connectivity index (χ1n) is 10.8. The van der Waals surface area contributed by atoms with Crippen molar-refractivity contribution >= 4 is 11.8 Å². The Kier molecular flexibility index (Phi) is 6.60. The Morgan fingerprint density at radius 3 is 2.00 bits per heavy atom. The molecule has 26 heavy (non-hydrogen) atoms. The Morgan fingerprint density at radius 1 is 0.808 bits per heavy atom. The van der Waals surface area contributed by atoms with E-state index in [1.807, 2.05) is 18.7 Å². The van der Waals surface area contributed by atoms with Crippen LogP contribution in [0.5, 0.6) is 0 Å². The van der Waals surface area contributed by atoms with Gasteiger partial charge in [0.1, 0.15) is 0 Å². The SMILES string of the molecule is CC(C)C(=O)N1CCN(C(C(=O)N2CCCCC2C)C2CCCC2)CC1. The molecule has 3 rings (SSSR count). The maximum absolute atomic E-state index is 13.5. The lowest BCUT2D eigenvalue weighted by molar-refractivity contribution is -0.145. The molecule has 1 aliphatic carbocycles. The lowest BCUT2D eigenvalue weighted by Gasteiger charge is -2.44. The highest BCUT2D eigenvalue weighted by Crippen LogP contribution is 2.33. The van der Waals surface area contributed by atoms with E-state index in [4.69, 9.17) is 0 Å². The monoisotopic (exact) mass is 363 g/mol. The molecule has 0 bridgehead atoms. The maximum atomic E-state index is 13.5. The van der Waals surface area contributed by atoms with Gasteiger partial charge in [0.25, 0.3) is 0 Å². The zero-order valence-electron chi connectivity index (χ0n) is 17.0. The summed E-state index contributed by atoms with van der Waals surface area (Å²) in [5, 5.41) is 0. The fourth-order valence-corrected chi connectivity index (χ4v) is 5.11. The van der Waals surface area contributed by atoms with E-state index in [2.05, 4.69) is 16.7 Å². The zero-order valence-corrected chi connectivity index (χ0v) is 17.0. The Labute approximate surface area is 159 Å². The summed E-state index contributed by atoms with van der Waals surface area (Å²) in [6, 6.07) is 0.415. The van der Waals surface area contributed by atoms with Crippen LogP contribution in [0.25, 0.3) is 0 Å². The summed E-state index contributed by atoms with van der Waals surface area (Å²) in [5.41, 5.74) is 0. The molecule has 2 saturated heterocycles. The van der Waals surface area contributed by atoms with Crippen LogP contribution in [-0.2, 0) is 9.59 Å². The van der Waals surface area contributed by atoms with Gasteiger partial charge in [0.2, 0.25) is 11.8 Å². The first-order chi connectivity index (χ1) is 12.5. The number of piperazine rings is 1. The molecule has 2 atom stereocenters. The average Bonchev–Trinajstić information content (AvgIpc) is 3.16. The Bertz CT molecular complexity index is 493. The quantitative estimate of drug-likeness (QED) is 0.771. The lowest BCUT2D eigenvalue weighted by Crippen LogP contribution is -2.60. The largest absolute Gasteiger partial charge is 0.340 e. The molecule has 5 heteroatoms. The van der Waals surface area contributed by atoms with E-state index < -0.39 is 0 Å². The molecule has 1 saturated carbocycles. The molecule has 148 valence electrons. The molecule has 0 spiro atoms. The number of amides is 2. The topological polar surface area (TPSA) is 43.9 Å². The Hall–Kier alpha value is -1.10. The molecule has 5 nitrogen and oxygen atoms in total. The highest BCUT2D eigenvalue weighted by molar-refractivity contribution is 5.83. The van der Waals surface area contributed by atoms with E-state index in [0.29, 0.717) is 17.9 Å². The van der Waals surface area contributed by atoms with Crippen molar-refractivity contribution in [1.82, 2.24) is 14.7 Å². The van der Waals surface area contributed by atoms with E-state index in [1.165, 1.54) is 32.1 Å². The third kappa shape index (κ3) is 4.24. The van der Waals surface area contributed by atoms with Crippen molar-refractivity contribution in [1.29, 1.82) is 0 Å². The molecule has 0 aromatic rings. The summed E-state index contributed by atoms with van der Waals surface area (Å²) in [6.07, 6.45) is 8.41. The number of carbonyl (C=O) groups is 2. The molecular weight excluding hydrogens is 326 g/mol. The minimum absolute atomic E-state index is 0.0364. The van der Waals surface area contributed by atoms with Crippen LogP contribution in [0.4, 0.5) is 0 Å². The highest BCUT2D eigenvalue weighted by Gasteiger charge is 2.40. The van der Waals surface area contributed by atoms with Crippen LogP contribution >= 0.6 is 0 Å². The number of likely N-dealkylation sites (tertiary alicyclic amines) is 1.